The molecule has 0 saturated heterocycles. The van der Waals surface area contributed by atoms with E-state index >= 15 is 0 Å². The molecule has 0 aliphatic heterocycles. The largest absolute Gasteiger partial charge is 0.265 e. The maximum atomic E-state index is 4.04. The van der Waals surface area contributed by atoms with Crippen LogP contribution in [0.5, 0.6) is 0 Å². The molecule has 0 spiro atoms. The first kappa shape index (κ1) is 11.8. The Morgan fingerprint density at radius 3 is 1.88 bits per heavy atom. The van der Waals surface area contributed by atoms with Gasteiger partial charge in [-0.1, -0.05) is 45.0 Å². The molecule has 0 amide bonds. The van der Waals surface area contributed by atoms with Crippen LogP contribution >= 0.6 is 0 Å². The molecule has 17 heavy (non-hydrogen) atoms. The van der Waals surface area contributed by atoms with Crippen molar-refractivity contribution >= 4 is 0 Å². The van der Waals surface area contributed by atoms with E-state index in [2.05, 4.69) is 50.0 Å². The van der Waals surface area contributed by atoms with Gasteiger partial charge >= 0.3 is 0 Å². The number of hydrogen-bond donors (Lipinski definition) is 0. The van der Waals surface area contributed by atoms with Crippen molar-refractivity contribution in [3.8, 4) is 11.1 Å². The number of aromatic nitrogens is 1. The molecule has 0 radical (unpaired) electrons. The van der Waals surface area contributed by atoms with Gasteiger partial charge in [0.2, 0.25) is 0 Å². The van der Waals surface area contributed by atoms with Gasteiger partial charge in [0.05, 0.1) is 0 Å². The van der Waals surface area contributed by atoms with Crippen LogP contribution in [0.2, 0.25) is 0 Å². The van der Waals surface area contributed by atoms with Gasteiger partial charge in [0, 0.05) is 12.4 Å². The molecule has 88 valence electrons. The van der Waals surface area contributed by atoms with Gasteiger partial charge in [0.25, 0.3) is 0 Å². The van der Waals surface area contributed by atoms with E-state index in [1.54, 1.807) is 0 Å². The molecule has 1 heteroatoms. The number of pyridine rings is 1. The van der Waals surface area contributed by atoms with Crippen LogP contribution in [0, 0.1) is 5.41 Å². The van der Waals surface area contributed by atoms with Crippen LogP contribution in [0.15, 0.2) is 48.8 Å². The second kappa shape index (κ2) is 4.70. The number of nitrogens with zero attached hydrogens (tertiary/aromatic N) is 1. The lowest BCUT2D eigenvalue weighted by atomic mass is 9.88. The van der Waals surface area contributed by atoms with Crippen molar-refractivity contribution in [3.63, 3.8) is 0 Å². The van der Waals surface area contributed by atoms with Crippen molar-refractivity contribution in [3.05, 3.63) is 54.4 Å². The van der Waals surface area contributed by atoms with Gasteiger partial charge in [-0.25, -0.2) is 0 Å². The van der Waals surface area contributed by atoms with Gasteiger partial charge in [-0.2, -0.15) is 0 Å². The molecule has 0 atom stereocenters. The molecular weight excluding hydrogens is 206 g/mol. The molecule has 0 fully saturated rings. The van der Waals surface area contributed by atoms with Gasteiger partial charge in [-0.3, -0.25) is 4.98 Å². The molecule has 2 aromatic rings. The van der Waals surface area contributed by atoms with Gasteiger partial charge in [0.1, 0.15) is 0 Å². The van der Waals surface area contributed by atoms with Crippen LogP contribution in [-0.4, -0.2) is 4.98 Å². The molecule has 0 N–H and O–H groups in total. The zero-order valence-electron chi connectivity index (χ0n) is 10.8. The smallest absolute Gasteiger partial charge is 0.0273 e. The molecule has 1 heterocycles. The van der Waals surface area contributed by atoms with Gasteiger partial charge < -0.3 is 0 Å². The van der Waals surface area contributed by atoms with Gasteiger partial charge in [0.15, 0.2) is 0 Å². The third-order valence-electron chi connectivity index (χ3n) is 2.70. The lowest BCUT2D eigenvalue weighted by Gasteiger charge is -2.18. The van der Waals surface area contributed by atoms with Crippen LogP contribution in [-0.2, 0) is 6.42 Å². The highest BCUT2D eigenvalue weighted by Crippen LogP contribution is 2.23. The quantitative estimate of drug-likeness (QED) is 0.741. The molecule has 1 aromatic heterocycles. The van der Waals surface area contributed by atoms with Crippen LogP contribution in [0.3, 0.4) is 0 Å². The highest BCUT2D eigenvalue weighted by atomic mass is 14.6. The van der Waals surface area contributed by atoms with Crippen LogP contribution in [0.4, 0.5) is 0 Å². The molecule has 0 unspecified atom stereocenters. The molecular formula is C16H19N. The predicted octanol–water partition coefficient (Wildman–Crippen LogP) is 4.34. The Hall–Kier alpha value is -1.63. The Kier molecular flexibility index (Phi) is 3.28. The zero-order valence-corrected chi connectivity index (χ0v) is 10.8. The average Bonchev–Trinajstić information content (AvgIpc) is 2.29. The third-order valence-corrected chi connectivity index (χ3v) is 2.70. The maximum absolute atomic E-state index is 4.04. The summed E-state index contributed by atoms with van der Waals surface area (Å²) in [7, 11) is 0. The van der Waals surface area contributed by atoms with E-state index in [0.29, 0.717) is 5.41 Å². The summed E-state index contributed by atoms with van der Waals surface area (Å²) in [5.74, 6) is 0. The standard InChI is InChI=1S/C16H19N/c1-16(2,3)12-13-4-6-14(7-5-13)15-8-10-17-11-9-15/h4-11H,12H2,1-3H3. The minimum absolute atomic E-state index is 0.345. The minimum Gasteiger partial charge on any atom is -0.265 e. The Balaban J connectivity index is 2.19. The normalized spacial score (nSPS) is 11.5. The fraction of sp³-hybridized carbons (Fsp3) is 0.312. The molecule has 1 nitrogen and oxygen atoms in total. The first-order valence-corrected chi connectivity index (χ1v) is 6.04. The van der Waals surface area contributed by atoms with E-state index in [9.17, 15) is 0 Å². The third kappa shape index (κ3) is 3.42. The Morgan fingerprint density at radius 1 is 0.824 bits per heavy atom. The average molecular weight is 225 g/mol. The summed E-state index contributed by atoms with van der Waals surface area (Å²) in [5.41, 5.74) is 4.22. The highest BCUT2D eigenvalue weighted by molar-refractivity contribution is 5.62. The molecule has 0 aliphatic carbocycles. The van der Waals surface area contributed by atoms with Crippen molar-refractivity contribution in [1.82, 2.24) is 4.98 Å². The first-order chi connectivity index (χ1) is 8.04. The fourth-order valence-corrected chi connectivity index (χ4v) is 1.97. The Bertz CT molecular complexity index is 463. The Labute approximate surface area is 104 Å². The van der Waals surface area contributed by atoms with Crippen LogP contribution in [0.1, 0.15) is 26.3 Å². The number of hydrogen-bond acceptors (Lipinski definition) is 1. The maximum Gasteiger partial charge on any atom is 0.0273 e. The molecule has 1 aromatic carbocycles. The molecule has 0 bridgehead atoms. The summed E-state index contributed by atoms with van der Waals surface area (Å²) in [6.45, 7) is 6.80. The fourth-order valence-electron chi connectivity index (χ4n) is 1.97. The van der Waals surface area contributed by atoms with Crippen molar-refractivity contribution in [1.29, 1.82) is 0 Å². The van der Waals surface area contributed by atoms with E-state index in [4.69, 9.17) is 0 Å². The lowest BCUT2D eigenvalue weighted by molar-refractivity contribution is 0.411. The van der Waals surface area contributed by atoms with Crippen molar-refractivity contribution in [2.75, 3.05) is 0 Å². The predicted molar refractivity (Wildman–Crippen MR) is 72.8 cm³/mol. The monoisotopic (exact) mass is 225 g/mol. The number of rotatable bonds is 2. The SMILES string of the molecule is CC(C)(C)Cc1ccc(-c2ccncc2)cc1. The van der Waals surface area contributed by atoms with Gasteiger partial charge in [-0.05, 0) is 40.7 Å². The van der Waals surface area contributed by atoms with Gasteiger partial charge in [-0.15, -0.1) is 0 Å². The zero-order chi connectivity index (χ0) is 12.3. The summed E-state index contributed by atoms with van der Waals surface area (Å²) in [4.78, 5) is 4.04. The summed E-state index contributed by atoms with van der Waals surface area (Å²) < 4.78 is 0. The van der Waals surface area contributed by atoms with E-state index < -0.39 is 0 Å². The van der Waals surface area contributed by atoms with E-state index in [0.717, 1.165) is 6.42 Å². The second-order valence-corrected chi connectivity index (χ2v) is 5.67. The first-order valence-electron chi connectivity index (χ1n) is 6.04. The summed E-state index contributed by atoms with van der Waals surface area (Å²) in [6, 6.07) is 12.9. The van der Waals surface area contributed by atoms with E-state index in [-0.39, 0.29) is 0 Å². The molecule has 0 aliphatic rings. The van der Waals surface area contributed by atoms with Crippen molar-refractivity contribution in [2.24, 2.45) is 5.41 Å². The van der Waals surface area contributed by atoms with Crippen LogP contribution in [0.25, 0.3) is 11.1 Å². The highest BCUT2D eigenvalue weighted by Gasteiger charge is 2.10. The van der Waals surface area contributed by atoms with Crippen LogP contribution < -0.4 is 0 Å². The minimum atomic E-state index is 0.345. The lowest BCUT2D eigenvalue weighted by Crippen LogP contribution is -2.08. The second-order valence-electron chi connectivity index (χ2n) is 5.67. The van der Waals surface area contributed by atoms with E-state index in [1.807, 2.05) is 24.5 Å². The van der Waals surface area contributed by atoms with Crippen molar-refractivity contribution in [2.45, 2.75) is 27.2 Å². The summed E-state index contributed by atoms with van der Waals surface area (Å²) >= 11 is 0. The topological polar surface area (TPSA) is 12.9 Å². The van der Waals surface area contributed by atoms with Crippen molar-refractivity contribution < 1.29 is 0 Å². The number of benzene rings is 1. The molecule has 2 rings (SSSR count). The Morgan fingerprint density at radius 2 is 1.35 bits per heavy atom. The summed E-state index contributed by atoms with van der Waals surface area (Å²) in [6.07, 6.45) is 4.78. The van der Waals surface area contributed by atoms with E-state index in [1.165, 1.54) is 16.7 Å². The molecule has 0 saturated carbocycles. The summed E-state index contributed by atoms with van der Waals surface area (Å²) in [5, 5.41) is 0.